The summed E-state index contributed by atoms with van der Waals surface area (Å²) in [5, 5.41) is 3.37. The molecular weight excluding hydrogens is 256 g/mol. The zero-order chi connectivity index (χ0) is 14.7. The molecule has 0 bridgehead atoms. The molecule has 0 spiro atoms. The Morgan fingerprint density at radius 3 is 3.00 bits per heavy atom. The molecule has 20 heavy (non-hydrogen) atoms. The summed E-state index contributed by atoms with van der Waals surface area (Å²) in [4.78, 5) is 18.2. The number of carbonyl (C=O) groups is 1. The molecule has 0 saturated carbocycles. The number of carbonyl (C=O) groups excluding carboxylic acids is 1. The van der Waals surface area contributed by atoms with Crippen LogP contribution in [0.3, 0.4) is 0 Å². The van der Waals surface area contributed by atoms with E-state index in [1.165, 1.54) is 7.11 Å². The summed E-state index contributed by atoms with van der Waals surface area (Å²) in [6, 6.07) is 1.89. The molecule has 1 aliphatic heterocycles. The van der Waals surface area contributed by atoms with Crippen LogP contribution in [0.1, 0.15) is 23.7 Å². The minimum absolute atomic E-state index is 0.314. The molecule has 2 unspecified atom stereocenters. The predicted molar refractivity (Wildman–Crippen MR) is 78.7 cm³/mol. The van der Waals surface area contributed by atoms with Crippen LogP contribution in [0.5, 0.6) is 0 Å². The van der Waals surface area contributed by atoms with Crippen LogP contribution in [0.15, 0.2) is 12.3 Å². The van der Waals surface area contributed by atoms with E-state index in [1.54, 1.807) is 12.3 Å². The number of methoxy groups -OCH3 is 1. The number of hydrogen-bond acceptors (Lipinski definition) is 6. The molecule has 0 aromatic carbocycles. The van der Waals surface area contributed by atoms with E-state index in [0.717, 1.165) is 19.5 Å². The topological polar surface area (TPSA) is 80.5 Å². The van der Waals surface area contributed by atoms with E-state index in [4.69, 9.17) is 10.5 Å². The van der Waals surface area contributed by atoms with Crippen molar-refractivity contribution in [3.8, 4) is 0 Å². The summed E-state index contributed by atoms with van der Waals surface area (Å²) >= 11 is 0. The Hall–Kier alpha value is -1.82. The lowest BCUT2D eigenvalue weighted by Crippen LogP contribution is -2.43. The lowest BCUT2D eigenvalue weighted by atomic mass is 9.94. The van der Waals surface area contributed by atoms with Gasteiger partial charge in [-0.25, -0.2) is 9.78 Å². The fourth-order valence-corrected chi connectivity index (χ4v) is 2.62. The number of rotatable bonds is 3. The maximum Gasteiger partial charge on any atom is 0.340 e. The number of esters is 1. The van der Waals surface area contributed by atoms with Crippen molar-refractivity contribution < 1.29 is 9.53 Å². The SMILES string of the molecule is COC(=O)c1ccnc(NC2CCN(C)CC2C)c1N. The molecule has 1 aliphatic rings. The van der Waals surface area contributed by atoms with Crippen LogP contribution < -0.4 is 11.1 Å². The number of nitrogens with two attached hydrogens (primary N) is 1. The zero-order valence-corrected chi connectivity index (χ0v) is 12.2. The summed E-state index contributed by atoms with van der Waals surface area (Å²) in [5.41, 5.74) is 6.72. The Balaban J connectivity index is 2.15. The standard InChI is InChI=1S/C14H22N4O2/c1-9-8-18(2)7-5-11(9)17-13-12(15)10(4-6-16-13)14(19)20-3/h4,6,9,11H,5,7-8,15H2,1-3H3,(H,16,17). The van der Waals surface area contributed by atoms with Gasteiger partial charge in [-0.05, 0) is 32.0 Å². The smallest absolute Gasteiger partial charge is 0.340 e. The highest BCUT2D eigenvalue weighted by atomic mass is 16.5. The van der Waals surface area contributed by atoms with Crippen LogP contribution in [0, 0.1) is 5.92 Å². The van der Waals surface area contributed by atoms with Crippen LogP contribution >= 0.6 is 0 Å². The summed E-state index contributed by atoms with van der Waals surface area (Å²) < 4.78 is 4.72. The van der Waals surface area contributed by atoms with E-state index < -0.39 is 5.97 Å². The van der Waals surface area contributed by atoms with Crippen molar-refractivity contribution in [3.05, 3.63) is 17.8 Å². The summed E-state index contributed by atoms with van der Waals surface area (Å²) in [6.07, 6.45) is 2.60. The van der Waals surface area contributed by atoms with Crippen LogP contribution in [0.2, 0.25) is 0 Å². The van der Waals surface area contributed by atoms with Gasteiger partial charge in [-0.1, -0.05) is 6.92 Å². The van der Waals surface area contributed by atoms with Crippen LogP contribution in [0.4, 0.5) is 11.5 Å². The van der Waals surface area contributed by atoms with Gasteiger partial charge in [-0.3, -0.25) is 0 Å². The summed E-state index contributed by atoms with van der Waals surface area (Å²) in [7, 11) is 3.46. The second-order valence-corrected chi connectivity index (χ2v) is 5.39. The molecule has 110 valence electrons. The van der Waals surface area contributed by atoms with Gasteiger partial charge in [0.1, 0.15) is 5.82 Å². The fourth-order valence-electron chi connectivity index (χ4n) is 2.62. The van der Waals surface area contributed by atoms with E-state index in [1.807, 2.05) is 0 Å². The average molecular weight is 278 g/mol. The highest BCUT2D eigenvalue weighted by Gasteiger charge is 2.25. The third-order valence-electron chi connectivity index (χ3n) is 3.83. The zero-order valence-electron chi connectivity index (χ0n) is 12.2. The number of piperidine rings is 1. The number of nitrogen functional groups attached to an aromatic ring is 1. The highest BCUT2D eigenvalue weighted by Crippen LogP contribution is 2.25. The van der Waals surface area contributed by atoms with Crippen molar-refractivity contribution in [1.82, 2.24) is 9.88 Å². The molecule has 1 fully saturated rings. The maximum atomic E-state index is 11.6. The lowest BCUT2D eigenvalue weighted by molar-refractivity contribution is 0.0602. The molecular formula is C14H22N4O2. The van der Waals surface area contributed by atoms with Crippen molar-refractivity contribution in [2.75, 3.05) is 38.3 Å². The van der Waals surface area contributed by atoms with Gasteiger partial charge in [0.25, 0.3) is 0 Å². The van der Waals surface area contributed by atoms with Gasteiger partial charge in [0.05, 0.1) is 18.4 Å². The molecule has 2 heterocycles. The molecule has 1 aromatic rings. The van der Waals surface area contributed by atoms with Crippen molar-refractivity contribution in [2.45, 2.75) is 19.4 Å². The van der Waals surface area contributed by atoms with Crippen molar-refractivity contribution in [1.29, 1.82) is 0 Å². The van der Waals surface area contributed by atoms with Gasteiger partial charge in [-0.15, -0.1) is 0 Å². The van der Waals surface area contributed by atoms with Gasteiger partial charge < -0.3 is 20.7 Å². The number of hydrogen-bond donors (Lipinski definition) is 2. The number of aromatic nitrogens is 1. The van der Waals surface area contributed by atoms with E-state index in [2.05, 4.69) is 29.2 Å². The third kappa shape index (κ3) is 3.01. The third-order valence-corrected chi connectivity index (χ3v) is 3.83. The Kier molecular flexibility index (Phi) is 4.44. The van der Waals surface area contributed by atoms with Crippen molar-refractivity contribution >= 4 is 17.5 Å². The maximum absolute atomic E-state index is 11.6. The predicted octanol–water partition coefficient (Wildman–Crippen LogP) is 1.20. The van der Waals surface area contributed by atoms with Crippen LogP contribution in [-0.4, -0.2) is 49.1 Å². The Morgan fingerprint density at radius 1 is 1.60 bits per heavy atom. The Morgan fingerprint density at radius 2 is 2.35 bits per heavy atom. The van der Waals surface area contributed by atoms with E-state index in [-0.39, 0.29) is 0 Å². The molecule has 0 radical (unpaired) electrons. The fraction of sp³-hybridized carbons (Fsp3) is 0.571. The summed E-state index contributed by atoms with van der Waals surface area (Å²) in [5.74, 6) is 0.621. The molecule has 0 amide bonds. The van der Waals surface area contributed by atoms with E-state index in [0.29, 0.717) is 29.0 Å². The molecule has 6 nitrogen and oxygen atoms in total. The van der Waals surface area contributed by atoms with Gasteiger partial charge in [0.2, 0.25) is 0 Å². The van der Waals surface area contributed by atoms with Gasteiger partial charge in [0.15, 0.2) is 0 Å². The molecule has 2 atom stereocenters. The molecule has 1 aromatic heterocycles. The lowest BCUT2D eigenvalue weighted by Gasteiger charge is -2.35. The quantitative estimate of drug-likeness (QED) is 0.809. The number of likely N-dealkylation sites (tertiary alicyclic amines) is 1. The minimum atomic E-state index is -0.440. The molecule has 2 rings (SSSR count). The Labute approximate surface area is 119 Å². The molecule has 6 heteroatoms. The monoisotopic (exact) mass is 278 g/mol. The van der Waals surface area contributed by atoms with Crippen LogP contribution in [0.25, 0.3) is 0 Å². The second kappa shape index (κ2) is 6.09. The number of nitrogens with one attached hydrogen (secondary N) is 1. The number of ether oxygens (including phenoxy) is 1. The van der Waals surface area contributed by atoms with Gasteiger partial charge in [-0.2, -0.15) is 0 Å². The largest absolute Gasteiger partial charge is 0.465 e. The van der Waals surface area contributed by atoms with Gasteiger partial charge in [0, 0.05) is 18.8 Å². The average Bonchev–Trinajstić information content (AvgIpc) is 2.43. The molecule has 0 aliphatic carbocycles. The molecule has 3 N–H and O–H groups in total. The first-order valence-electron chi connectivity index (χ1n) is 6.80. The Bertz CT molecular complexity index is 492. The number of pyridine rings is 1. The number of nitrogens with zero attached hydrogens (tertiary/aromatic N) is 2. The van der Waals surface area contributed by atoms with Gasteiger partial charge >= 0.3 is 5.97 Å². The second-order valence-electron chi connectivity index (χ2n) is 5.39. The first kappa shape index (κ1) is 14.6. The summed E-state index contributed by atoms with van der Waals surface area (Å²) in [6.45, 7) is 4.28. The first-order chi connectivity index (χ1) is 9.52. The number of anilines is 2. The highest BCUT2D eigenvalue weighted by molar-refractivity contribution is 5.97. The minimum Gasteiger partial charge on any atom is -0.465 e. The van der Waals surface area contributed by atoms with E-state index >= 15 is 0 Å². The molecule has 1 saturated heterocycles. The van der Waals surface area contributed by atoms with E-state index in [9.17, 15) is 4.79 Å². The van der Waals surface area contributed by atoms with Crippen LogP contribution in [-0.2, 0) is 4.74 Å². The normalized spacial score (nSPS) is 23.4. The van der Waals surface area contributed by atoms with Crippen molar-refractivity contribution in [2.24, 2.45) is 5.92 Å². The van der Waals surface area contributed by atoms with Crippen molar-refractivity contribution in [3.63, 3.8) is 0 Å². The first-order valence-corrected chi connectivity index (χ1v) is 6.80.